The molecule has 3 rings (SSSR count). The van der Waals surface area contributed by atoms with Crippen LogP contribution in [-0.2, 0) is 17.5 Å². The summed E-state index contributed by atoms with van der Waals surface area (Å²) in [5.41, 5.74) is -0.361. The number of nitrogens with zero attached hydrogens (tertiary/aromatic N) is 3. The van der Waals surface area contributed by atoms with Crippen LogP contribution < -0.4 is 0 Å². The van der Waals surface area contributed by atoms with Crippen LogP contribution in [0, 0.1) is 17.2 Å². The first kappa shape index (κ1) is 17.9. The molecule has 0 radical (unpaired) electrons. The first-order valence-corrected chi connectivity index (χ1v) is 7.86. The zero-order valence-corrected chi connectivity index (χ0v) is 13.6. The normalized spacial score (nSPS) is 14.5. The van der Waals surface area contributed by atoms with E-state index in [2.05, 4.69) is 11.2 Å². The second-order valence-corrected chi connectivity index (χ2v) is 6.02. The third-order valence-corrected chi connectivity index (χ3v) is 4.07. The second-order valence-electron chi connectivity index (χ2n) is 6.02. The maximum absolute atomic E-state index is 12.7. The summed E-state index contributed by atoms with van der Waals surface area (Å²) >= 11 is 0. The van der Waals surface area contributed by atoms with Crippen molar-refractivity contribution in [1.82, 2.24) is 15.1 Å². The molecule has 26 heavy (non-hydrogen) atoms. The molecule has 1 fully saturated rings. The van der Waals surface area contributed by atoms with Crippen LogP contribution in [0.1, 0.15) is 27.3 Å². The molecule has 1 amide bonds. The van der Waals surface area contributed by atoms with Crippen LogP contribution in [0.25, 0.3) is 0 Å². The summed E-state index contributed by atoms with van der Waals surface area (Å²) in [7, 11) is 0. The molecule has 1 aromatic heterocycles. The highest BCUT2D eigenvalue weighted by molar-refractivity contribution is 5.92. The molecule has 1 aliphatic heterocycles. The molecule has 0 bridgehead atoms. The number of carbonyl (C=O) groups is 1. The third kappa shape index (κ3) is 3.86. The molecule has 0 spiro atoms. The topological polar surface area (TPSA) is 82.0 Å². The first-order chi connectivity index (χ1) is 12.4. The average Bonchev–Trinajstić information content (AvgIpc) is 3.07. The summed E-state index contributed by atoms with van der Waals surface area (Å²) in [4.78, 5) is 14.1. The van der Waals surface area contributed by atoms with Crippen molar-refractivity contribution in [2.45, 2.75) is 12.7 Å². The lowest BCUT2D eigenvalue weighted by Crippen LogP contribution is -2.42. The SMILES string of the molecule is N#Cc1ccccc1CN(CC1COC1)C(=O)c1cc(C(F)(F)F)[nH]n1. The summed E-state index contributed by atoms with van der Waals surface area (Å²) in [6.07, 6.45) is -4.61. The van der Waals surface area contributed by atoms with Crippen molar-refractivity contribution < 1.29 is 22.7 Å². The van der Waals surface area contributed by atoms with Crippen LogP contribution in [0.15, 0.2) is 30.3 Å². The minimum absolute atomic E-state index is 0.104. The molecular formula is C17H15F3N4O2. The van der Waals surface area contributed by atoms with Gasteiger partial charge in [-0.2, -0.15) is 23.5 Å². The fourth-order valence-corrected chi connectivity index (χ4v) is 2.63. The standard InChI is InChI=1S/C17H15F3N4O2/c18-17(19,20)15-5-14(22-23-15)16(25)24(7-11-9-26-10-11)8-13-4-2-1-3-12(13)6-21/h1-5,11H,7-10H2,(H,22,23). The Hall–Kier alpha value is -2.86. The van der Waals surface area contributed by atoms with Gasteiger partial charge in [0.25, 0.3) is 5.91 Å². The highest BCUT2D eigenvalue weighted by Crippen LogP contribution is 2.28. The molecule has 0 saturated carbocycles. The molecule has 0 atom stereocenters. The molecule has 2 aromatic rings. The molecule has 1 saturated heterocycles. The molecule has 1 N–H and O–H groups in total. The Morgan fingerprint density at radius 1 is 1.38 bits per heavy atom. The zero-order chi connectivity index (χ0) is 18.7. The van der Waals surface area contributed by atoms with Crippen molar-refractivity contribution >= 4 is 5.91 Å². The third-order valence-electron chi connectivity index (χ3n) is 4.07. The fourth-order valence-electron chi connectivity index (χ4n) is 2.63. The van der Waals surface area contributed by atoms with Crippen LogP contribution in [0.5, 0.6) is 0 Å². The lowest BCUT2D eigenvalue weighted by atomic mass is 10.0. The predicted octanol–water partition coefficient (Wildman–Crippen LogP) is 2.59. The van der Waals surface area contributed by atoms with E-state index < -0.39 is 17.8 Å². The zero-order valence-electron chi connectivity index (χ0n) is 13.6. The van der Waals surface area contributed by atoms with Gasteiger partial charge in [0.1, 0.15) is 5.69 Å². The van der Waals surface area contributed by atoms with E-state index in [1.807, 2.05) is 5.10 Å². The Labute approximate surface area is 147 Å². The minimum atomic E-state index is -4.61. The lowest BCUT2D eigenvalue weighted by molar-refractivity contribution is -0.141. The Kier molecular flexibility index (Phi) is 4.95. The summed E-state index contributed by atoms with van der Waals surface area (Å²) < 4.78 is 43.3. The Balaban J connectivity index is 1.84. The number of H-pyrrole nitrogens is 1. The highest BCUT2D eigenvalue weighted by atomic mass is 19.4. The van der Waals surface area contributed by atoms with Gasteiger partial charge in [-0.1, -0.05) is 18.2 Å². The second kappa shape index (κ2) is 7.17. The van der Waals surface area contributed by atoms with E-state index in [0.29, 0.717) is 37.0 Å². The number of halogens is 3. The predicted molar refractivity (Wildman–Crippen MR) is 83.8 cm³/mol. The van der Waals surface area contributed by atoms with E-state index in [9.17, 15) is 23.2 Å². The number of nitrogens with one attached hydrogen (secondary N) is 1. The summed E-state index contributed by atoms with van der Waals surface area (Å²) in [6.45, 7) is 1.39. The Bertz CT molecular complexity index is 837. The number of ether oxygens (including phenoxy) is 1. The molecule has 0 unspecified atom stereocenters. The quantitative estimate of drug-likeness (QED) is 0.884. The lowest BCUT2D eigenvalue weighted by Gasteiger charge is -2.32. The smallest absolute Gasteiger partial charge is 0.381 e. The number of aromatic nitrogens is 2. The van der Waals surface area contributed by atoms with Crippen LogP contribution >= 0.6 is 0 Å². The van der Waals surface area contributed by atoms with Gasteiger partial charge in [-0.3, -0.25) is 9.89 Å². The van der Waals surface area contributed by atoms with Gasteiger partial charge in [-0.25, -0.2) is 0 Å². The minimum Gasteiger partial charge on any atom is -0.381 e. The van der Waals surface area contributed by atoms with Crippen molar-refractivity contribution in [1.29, 1.82) is 5.26 Å². The number of carbonyl (C=O) groups excluding carboxylic acids is 1. The number of nitriles is 1. The van der Waals surface area contributed by atoms with E-state index >= 15 is 0 Å². The number of benzene rings is 1. The monoisotopic (exact) mass is 364 g/mol. The molecule has 0 aliphatic carbocycles. The van der Waals surface area contributed by atoms with Gasteiger partial charge in [0.2, 0.25) is 0 Å². The molecule has 1 aromatic carbocycles. The Morgan fingerprint density at radius 3 is 2.69 bits per heavy atom. The van der Waals surface area contributed by atoms with E-state index in [4.69, 9.17) is 4.74 Å². The van der Waals surface area contributed by atoms with Crippen LogP contribution in [0.2, 0.25) is 0 Å². The van der Waals surface area contributed by atoms with E-state index in [1.54, 1.807) is 24.3 Å². The van der Waals surface area contributed by atoms with E-state index in [-0.39, 0.29) is 18.2 Å². The van der Waals surface area contributed by atoms with Crippen molar-refractivity contribution in [2.75, 3.05) is 19.8 Å². The Morgan fingerprint density at radius 2 is 2.12 bits per heavy atom. The largest absolute Gasteiger partial charge is 0.432 e. The van der Waals surface area contributed by atoms with Gasteiger partial charge in [0, 0.05) is 25.1 Å². The van der Waals surface area contributed by atoms with Gasteiger partial charge < -0.3 is 9.64 Å². The maximum Gasteiger partial charge on any atom is 0.432 e. The maximum atomic E-state index is 12.7. The summed E-state index contributed by atoms with van der Waals surface area (Å²) in [5, 5.41) is 14.6. The number of aromatic amines is 1. The van der Waals surface area contributed by atoms with Crippen molar-refractivity contribution in [3.05, 3.63) is 52.8 Å². The summed E-state index contributed by atoms with van der Waals surface area (Å²) in [5.74, 6) is -0.523. The van der Waals surface area contributed by atoms with Crippen molar-refractivity contribution in [3.63, 3.8) is 0 Å². The van der Waals surface area contributed by atoms with Crippen molar-refractivity contribution in [2.24, 2.45) is 5.92 Å². The first-order valence-electron chi connectivity index (χ1n) is 7.86. The van der Waals surface area contributed by atoms with Gasteiger partial charge in [-0.05, 0) is 11.6 Å². The number of hydrogen-bond donors (Lipinski definition) is 1. The molecule has 2 heterocycles. The highest BCUT2D eigenvalue weighted by Gasteiger charge is 2.35. The van der Waals surface area contributed by atoms with E-state index in [1.165, 1.54) is 4.90 Å². The fraction of sp³-hybridized carbons (Fsp3) is 0.353. The molecule has 1 aliphatic rings. The van der Waals surface area contributed by atoms with Gasteiger partial charge >= 0.3 is 6.18 Å². The number of rotatable bonds is 5. The van der Waals surface area contributed by atoms with Crippen LogP contribution in [-0.4, -0.2) is 40.8 Å². The van der Waals surface area contributed by atoms with Gasteiger partial charge in [0.05, 0.1) is 24.8 Å². The van der Waals surface area contributed by atoms with Crippen molar-refractivity contribution in [3.8, 4) is 6.07 Å². The number of hydrogen-bond acceptors (Lipinski definition) is 4. The number of alkyl halides is 3. The van der Waals surface area contributed by atoms with E-state index in [0.717, 1.165) is 0 Å². The number of amides is 1. The van der Waals surface area contributed by atoms with Crippen LogP contribution in [0.3, 0.4) is 0 Å². The molecular weight excluding hydrogens is 349 g/mol. The van der Waals surface area contributed by atoms with Gasteiger partial charge in [-0.15, -0.1) is 0 Å². The molecule has 9 heteroatoms. The summed E-state index contributed by atoms with van der Waals surface area (Å²) in [6, 6.07) is 9.53. The molecule has 6 nitrogen and oxygen atoms in total. The van der Waals surface area contributed by atoms with Gasteiger partial charge in [0.15, 0.2) is 5.69 Å². The average molecular weight is 364 g/mol. The molecule has 136 valence electrons. The van der Waals surface area contributed by atoms with Crippen LogP contribution in [0.4, 0.5) is 13.2 Å².